The number of amides is 2. The zero-order valence-corrected chi connectivity index (χ0v) is 19.8. The molecule has 0 saturated carbocycles. The van der Waals surface area contributed by atoms with E-state index in [0.717, 1.165) is 43.1 Å². The van der Waals surface area contributed by atoms with Crippen LogP contribution in [0.5, 0.6) is 5.75 Å². The molecule has 4 rings (SSSR count). The molecule has 3 heterocycles. The van der Waals surface area contributed by atoms with Crippen molar-refractivity contribution >= 4 is 17.6 Å². The third-order valence-corrected chi connectivity index (χ3v) is 6.54. The number of piperidine rings is 1. The SMILES string of the molecule is CNc1cc(C)nc([C@]2(C)CCCN(C(=O)c3ccccc3OCCN3CCCC3=O)C2)n1. The van der Waals surface area contributed by atoms with Gasteiger partial charge in [0.15, 0.2) is 0 Å². The molecule has 2 aromatic rings. The van der Waals surface area contributed by atoms with Crippen molar-refractivity contribution in [2.45, 2.75) is 44.9 Å². The van der Waals surface area contributed by atoms with Gasteiger partial charge in [0, 0.05) is 50.3 Å². The van der Waals surface area contributed by atoms with E-state index < -0.39 is 0 Å². The van der Waals surface area contributed by atoms with E-state index >= 15 is 0 Å². The van der Waals surface area contributed by atoms with Crippen LogP contribution < -0.4 is 10.1 Å². The molecule has 2 fully saturated rings. The van der Waals surface area contributed by atoms with Gasteiger partial charge in [-0.3, -0.25) is 9.59 Å². The largest absolute Gasteiger partial charge is 0.491 e. The number of para-hydroxylation sites is 1. The Morgan fingerprint density at radius 2 is 2.03 bits per heavy atom. The van der Waals surface area contributed by atoms with Gasteiger partial charge in [0.2, 0.25) is 5.91 Å². The lowest BCUT2D eigenvalue weighted by atomic mass is 9.80. The summed E-state index contributed by atoms with van der Waals surface area (Å²) in [6.07, 6.45) is 3.32. The molecule has 2 aliphatic heterocycles. The third kappa shape index (κ3) is 5.10. The molecule has 33 heavy (non-hydrogen) atoms. The highest BCUT2D eigenvalue weighted by Gasteiger charge is 2.38. The average Bonchev–Trinajstić information content (AvgIpc) is 3.23. The number of aromatic nitrogens is 2. The van der Waals surface area contributed by atoms with Gasteiger partial charge < -0.3 is 19.9 Å². The molecule has 1 aromatic carbocycles. The molecule has 0 spiro atoms. The van der Waals surface area contributed by atoms with Crippen molar-refractivity contribution in [1.29, 1.82) is 0 Å². The number of rotatable bonds is 7. The first-order valence-corrected chi connectivity index (χ1v) is 11.7. The zero-order chi connectivity index (χ0) is 23.4. The number of likely N-dealkylation sites (tertiary alicyclic amines) is 2. The Balaban J connectivity index is 1.48. The summed E-state index contributed by atoms with van der Waals surface area (Å²) in [4.78, 5) is 38.5. The van der Waals surface area contributed by atoms with Crippen LogP contribution >= 0.6 is 0 Å². The maximum Gasteiger partial charge on any atom is 0.257 e. The van der Waals surface area contributed by atoms with Crippen LogP contribution in [0.25, 0.3) is 0 Å². The first-order chi connectivity index (χ1) is 15.9. The van der Waals surface area contributed by atoms with Crippen LogP contribution in [0.2, 0.25) is 0 Å². The van der Waals surface area contributed by atoms with Gasteiger partial charge in [-0.15, -0.1) is 0 Å². The van der Waals surface area contributed by atoms with Crippen molar-refractivity contribution in [2.24, 2.45) is 0 Å². The standard InChI is InChI=1S/C25H33N5O3/c1-18-16-21(26-3)28-24(27-18)25(2)11-7-13-30(17-25)23(32)19-8-4-5-9-20(19)33-15-14-29-12-6-10-22(29)31/h4-5,8-9,16H,6-7,10-15,17H2,1-3H3,(H,26,27,28)/t25-/m1/s1. The Hall–Kier alpha value is -3.16. The van der Waals surface area contributed by atoms with Crippen LogP contribution in [0.15, 0.2) is 30.3 Å². The van der Waals surface area contributed by atoms with Crippen LogP contribution in [-0.2, 0) is 10.2 Å². The van der Waals surface area contributed by atoms with Crippen LogP contribution in [0, 0.1) is 6.92 Å². The fraction of sp³-hybridized carbons (Fsp3) is 0.520. The first-order valence-electron chi connectivity index (χ1n) is 11.7. The Bertz CT molecular complexity index is 1030. The first kappa shape index (κ1) is 23.0. The fourth-order valence-corrected chi connectivity index (χ4v) is 4.71. The second-order valence-corrected chi connectivity index (χ2v) is 9.19. The monoisotopic (exact) mass is 451 g/mol. The molecule has 176 valence electrons. The van der Waals surface area contributed by atoms with Gasteiger partial charge in [-0.2, -0.15) is 0 Å². The van der Waals surface area contributed by atoms with Crippen molar-refractivity contribution in [1.82, 2.24) is 19.8 Å². The van der Waals surface area contributed by atoms with Crippen LogP contribution in [-0.4, -0.2) is 71.4 Å². The smallest absolute Gasteiger partial charge is 0.257 e. The van der Waals surface area contributed by atoms with E-state index in [-0.39, 0.29) is 17.2 Å². The van der Waals surface area contributed by atoms with E-state index in [4.69, 9.17) is 14.7 Å². The van der Waals surface area contributed by atoms with Gasteiger partial charge in [0.1, 0.15) is 24.0 Å². The molecule has 2 amide bonds. The maximum absolute atomic E-state index is 13.5. The molecule has 8 heteroatoms. The Morgan fingerprint density at radius 1 is 1.21 bits per heavy atom. The Labute approximate surface area is 195 Å². The highest BCUT2D eigenvalue weighted by atomic mass is 16.5. The molecule has 0 unspecified atom stereocenters. The normalized spacial score (nSPS) is 20.8. The van der Waals surface area contributed by atoms with Gasteiger partial charge in [-0.05, 0) is 38.3 Å². The molecule has 8 nitrogen and oxygen atoms in total. The fourth-order valence-electron chi connectivity index (χ4n) is 4.71. The predicted molar refractivity (Wildman–Crippen MR) is 127 cm³/mol. The third-order valence-electron chi connectivity index (χ3n) is 6.54. The molecule has 2 saturated heterocycles. The van der Waals surface area contributed by atoms with E-state index in [1.54, 1.807) is 0 Å². The van der Waals surface area contributed by atoms with E-state index in [1.165, 1.54) is 0 Å². The average molecular weight is 452 g/mol. The number of aryl methyl sites for hydroxylation is 1. The van der Waals surface area contributed by atoms with Gasteiger partial charge >= 0.3 is 0 Å². The lowest BCUT2D eigenvalue weighted by molar-refractivity contribution is -0.128. The number of carbonyl (C=O) groups excluding carboxylic acids is 2. The lowest BCUT2D eigenvalue weighted by Crippen LogP contribution is -2.48. The molecule has 2 aliphatic rings. The van der Waals surface area contributed by atoms with Crippen LogP contribution in [0.3, 0.4) is 0 Å². The highest BCUT2D eigenvalue weighted by molar-refractivity contribution is 5.97. The molecule has 1 N–H and O–H groups in total. The number of nitrogens with one attached hydrogen (secondary N) is 1. The summed E-state index contributed by atoms with van der Waals surface area (Å²) in [5.41, 5.74) is 1.14. The quantitative estimate of drug-likeness (QED) is 0.696. The number of anilines is 1. The van der Waals surface area contributed by atoms with Crippen LogP contribution in [0.4, 0.5) is 5.82 Å². The van der Waals surface area contributed by atoms with Gasteiger partial charge in [-0.25, -0.2) is 9.97 Å². The zero-order valence-electron chi connectivity index (χ0n) is 19.8. The summed E-state index contributed by atoms with van der Waals surface area (Å²) in [7, 11) is 1.85. The van der Waals surface area contributed by atoms with E-state index in [1.807, 2.05) is 54.1 Å². The molecule has 1 atom stereocenters. The van der Waals surface area contributed by atoms with Gasteiger partial charge in [0.25, 0.3) is 5.91 Å². The molecule has 1 aromatic heterocycles. The number of nitrogens with zero attached hydrogens (tertiary/aromatic N) is 4. The summed E-state index contributed by atoms with van der Waals surface area (Å²) >= 11 is 0. The molecule has 0 aliphatic carbocycles. The number of carbonyl (C=O) groups is 2. The van der Waals surface area contributed by atoms with Crippen molar-refractivity contribution in [3.05, 3.63) is 47.4 Å². The van der Waals surface area contributed by atoms with E-state index in [9.17, 15) is 9.59 Å². The van der Waals surface area contributed by atoms with Crippen LogP contribution in [0.1, 0.15) is 54.5 Å². The minimum atomic E-state index is -0.322. The van der Waals surface area contributed by atoms with Crippen molar-refractivity contribution in [3.63, 3.8) is 0 Å². The van der Waals surface area contributed by atoms with E-state index in [0.29, 0.717) is 44.0 Å². The summed E-state index contributed by atoms with van der Waals surface area (Å²) in [5.74, 6) is 2.25. The lowest BCUT2D eigenvalue weighted by Gasteiger charge is -2.39. The number of ether oxygens (including phenoxy) is 1. The summed E-state index contributed by atoms with van der Waals surface area (Å²) in [6.45, 7) is 7.04. The van der Waals surface area contributed by atoms with Crippen molar-refractivity contribution in [2.75, 3.05) is 45.2 Å². The number of hydrogen-bond acceptors (Lipinski definition) is 6. The van der Waals surface area contributed by atoms with Crippen molar-refractivity contribution in [3.8, 4) is 5.75 Å². The van der Waals surface area contributed by atoms with Crippen molar-refractivity contribution < 1.29 is 14.3 Å². The molecule has 0 bridgehead atoms. The minimum Gasteiger partial charge on any atom is -0.491 e. The van der Waals surface area contributed by atoms with E-state index in [2.05, 4.69) is 12.2 Å². The number of benzene rings is 1. The Kier molecular flexibility index (Phi) is 6.81. The highest BCUT2D eigenvalue weighted by Crippen LogP contribution is 2.34. The maximum atomic E-state index is 13.5. The Morgan fingerprint density at radius 3 is 2.79 bits per heavy atom. The second kappa shape index (κ2) is 9.77. The minimum absolute atomic E-state index is 0.0460. The van der Waals surface area contributed by atoms with Gasteiger partial charge in [-0.1, -0.05) is 19.1 Å². The summed E-state index contributed by atoms with van der Waals surface area (Å²) < 4.78 is 5.97. The molecule has 0 radical (unpaired) electrons. The topological polar surface area (TPSA) is 87.7 Å². The summed E-state index contributed by atoms with van der Waals surface area (Å²) in [5, 5.41) is 3.10. The molecular weight excluding hydrogens is 418 g/mol. The predicted octanol–water partition coefficient (Wildman–Crippen LogP) is 3.02. The summed E-state index contributed by atoms with van der Waals surface area (Å²) in [6, 6.07) is 9.28. The number of hydrogen-bond donors (Lipinski definition) is 1. The van der Waals surface area contributed by atoms with Gasteiger partial charge in [0.05, 0.1) is 12.1 Å². The molecular formula is C25H33N5O3. The second-order valence-electron chi connectivity index (χ2n) is 9.19.